The first-order chi connectivity index (χ1) is 8.16. The van der Waals surface area contributed by atoms with Gasteiger partial charge in [-0.05, 0) is 43.9 Å². The molecule has 0 aliphatic heterocycles. The lowest BCUT2D eigenvalue weighted by Crippen LogP contribution is -2.34. The molecule has 0 bridgehead atoms. The SMILES string of the molecule is C[C@H](O)c1cccc(OC2CCCCC2O)c1. The van der Waals surface area contributed by atoms with Crippen molar-refractivity contribution in [2.75, 3.05) is 0 Å². The van der Waals surface area contributed by atoms with Crippen molar-refractivity contribution in [1.82, 2.24) is 0 Å². The van der Waals surface area contributed by atoms with Crippen LogP contribution < -0.4 is 4.74 Å². The summed E-state index contributed by atoms with van der Waals surface area (Å²) in [4.78, 5) is 0. The molecule has 0 amide bonds. The third kappa shape index (κ3) is 3.20. The Bertz CT molecular complexity index is 362. The molecule has 3 nitrogen and oxygen atoms in total. The molecule has 94 valence electrons. The van der Waals surface area contributed by atoms with Crippen molar-refractivity contribution < 1.29 is 14.9 Å². The van der Waals surface area contributed by atoms with Gasteiger partial charge < -0.3 is 14.9 Å². The molecule has 0 heterocycles. The average Bonchev–Trinajstić information content (AvgIpc) is 2.32. The lowest BCUT2D eigenvalue weighted by Gasteiger charge is -2.28. The Morgan fingerprint density at radius 3 is 2.76 bits per heavy atom. The van der Waals surface area contributed by atoms with Gasteiger partial charge in [0.15, 0.2) is 0 Å². The second kappa shape index (κ2) is 5.52. The molecule has 1 saturated carbocycles. The number of hydrogen-bond donors (Lipinski definition) is 2. The van der Waals surface area contributed by atoms with E-state index >= 15 is 0 Å². The molecule has 1 aromatic carbocycles. The first-order valence-corrected chi connectivity index (χ1v) is 6.29. The van der Waals surface area contributed by atoms with Crippen LogP contribution in [-0.2, 0) is 0 Å². The number of aliphatic hydroxyl groups excluding tert-OH is 2. The molecular weight excluding hydrogens is 216 g/mol. The van der Waals surface area contributed by atoms with Crippen molar-refractivity contribution in [3.63, 3.8) is 0 Å². The summed E-state index contributed by atoms with van der Waals surface area (Å²) >= 11 is 0. The van der Waals surface area contributed by atoms with E-state index < -0.39 is 6.10 Å². The average molecular weight is 236 g/mol. The first kappa shape index (κ1) is 12.4. The molecule has 2 rings (SSSR count). The minimum atomic E-state index is -0.491. The highest BCUT2D eigenvalue weighted by Crippen LogP contribution is 2.25. The summed E-state index contributed by atoms with van der Waals surface area (Å²) in [6.07, 6.45) is 2.95. The van der Waals surface area contributed by atoms with E-state index in [1.54, 1.807) is 6.92 Å². The minimum absolute atomic E-state index is 0.104. The van der Waals surface area contributed by atoms with Gasteiger partial charge in [0, 0.05) is 0 Å². The standard InChI is InChI=1S/C14H20O3/c1-10(15)11-5-4-6-12(9-11)17-14-8-3-2-7-13(14)16/h4-6,9-10,13-16H,2-3,7-8H2,1H3/t10-,13?,14?/m0/s1. The predicted molar refractivity (Wildman–Crippen MR) is 66.0 cm³/mol. The zero-order valence-corrected chi connectivity index (χ0v) is 10.2. The Balaban J connectivity index is 2.04. The van der Waals surface area contributed by atoms with Gasteiger partial charge in [-0.15, -0.1) is 0 Å². The second-order valence-corrected chi connectivity index (χ2v) is 4.76. The van der Waals surface area contributed by atoms with E-state index in [0.717, 1.165) is 37.0 Å². The summed E-state index contributed by atoms with van der Waals surface area (Å²) in [5.74, 6) is 0.731. The van der Waals surface area contributed by atoms with E-state index in [9.17, 15) is 10.2 Å². The molecule has 17 heavy (non-hydrogen) atoms. The summed E-state index contributed by atoms with van der Waals surface area (Å²) in [5.41, 5.74) is 0.841. The Labute approximate surface area is 102 Å². The molecule has 2 N–H and O–H groups in total. The normalized spacial score (nSPS) is 26.5. The summed E-state index contributed by atoms with van der Waals surface area (Å²) < 4.78 is 5.80. The van der Waals surface area contributed by atoms with Crippen molar-refractivity contribution in [1.29, 1.82) is 0 Å². The predicted octanol–water partition coefficient (Wildman–Crippen LogP) is 2.42. The van der Waals surface area contributed by atoms with Gasteiger partial charge in [-0.3, -0.25) is 0 Å². The topological polar surface area (TPSA) is 49.7 Å². The van der Waals surface area contributed by atoms with Crippen LogP contribution in [0, 0.1) is 0 Å². The molecule has 0 aromatic heterocycles. The monoisotopic (exact) mass is 236 g/mol. The molecular formula is C14H20O3. The van der Waals surface area contributed by atoms with Gasteiger partial charge in [-0.2, -0.15) is 0 Å². The van der Waals surface area contributed by atoms with E-state index in [0.29, 0.717) is 0 Å². The fourth-order valence-corrected chi connectivity index (χ4v) is 2.24. The molecule has 1 fully saturated rings. The van der Waals surface area contributed by atoms with Crippen LogP contribution in [0.2, 0.25) is 0 Å². The number of hydrogen-bond acceptors (Lipinski definition) is 3. The van der Waals surface area contributed by atoms with Gasteiger partial charge in [-0.1, -0.05) is 18.6 Å². The molecule has 2 unspecified atom stereocenters. The van der Waals surface area contributed by atoms with Crippen LogP contribution in [0.5, 0.6) is 5.75 Å². The summed E-state index contributed by atoms with van der Waals surface area (Å²) in [6.45, 7) is 1.73. The van der Waals surface area contributed by atoms with Crippen molar-refractivity contribution in [3.05, 3.63) is 29.8 Å². The number of benzene rings is 1. The van der Waals surface area contributed by atoms with Gasteiger partial charge in [0.1, 0.15) is 11.9 Å². The highest BCUT2D eigenvalue weighted by Gasteiger charge is 2.24. The van der Waals surface area contributed by atoms with Gasteiger partial charge in [-0.25, -0.2) is 0 Å². The molecule has 0 spiro atoms. The first-order valence-electron chi connectivity index (χ1n) is 6.29. The molecule has 0 radical (unpaired) electrons. The van der Waals surface area contributed by atoms with Crippen LogP contribution in [0.3, 0.4) is 0 Å². The number of aliphatic hydroxyl groups is 2. The smallest absolute Gasteiger partial charge is 0.124 e. The minimum Gasteiger partial charge on any atom is -0.488 e. The van der Waals surface area contributed by atoms with E-state index in [1.165, 1.54) is 0 Å². The van der Waals surface area contributed by atoms with E-state index in [1.807, 2.05) is 24.3 Å². The molecule has 1 aromatic rings. The van der Waals surface area contributed by atoms with Crippen LogP contribution in [0.25, 0.3) is 0 Å². The Morgan fingerprint density at radius 1 is 1.29 bits per heavy atom. The summed E-state index contributed by atoms with van der Waals surface area (Å²) in [6, 6.07) is 7.45. The molecule has 0 saturated heterocycles. The number of ether oxygens (including phenoxy) is 1. The van der Waals surface area contributed by atoms with Gasteiger partial charge in [0.2, 0.25) is 0 Å². The fourth-order valence-electron chi connectivity index (χ4n) is 2.24. The van der Waals surface area contributed by atoms with Gasteiger partial charge >= 0.3 is 0 Å². The third-order valence-electron chi connectivity index (χ3n) is 3.30. The lowest BCUT2D eigenvalue weighted by molar-refractivity contribution is 0.00676. The molecule has 3 heteroatoms. The second-order valence-electron chi connectivity index (χ2n) is 4.76. The largest absolute Gasteiger partial charge is 0.488 e. The Hall–Kier alpha value is -1.06. The fraction of sp³-hybridized carbons (Fsp3) is 0.571. The van der Waals surface area contributed by atoms with Gasteiger partial charge in [0.25, 0.3) is 0 Å². The molecule has 1 aliphatic carbocycles. The van der Waals surface area contributed by atoms with E-state index in [-0.39, 0.29) is 12.2 Å². The van der Waals surface area contributed by atoms with Crippen LogP contribution in [0.15, 0.2) is 24.3 Å². The van der Waals surface area contributed by atoms with Gasteiger partial charge in [0.05, 0.1) is 12.2 Å². The highest BCUT2D eigenvalue weighted by atomic mass is 16.5. The van der Waals surface area contributed by atoms with E-state index in [4.69, 9.17) is 4.74 Å². The maximum atomic E-state index is 9.83. The maximum absolute atomic E-state index is 9.83. The number of rotatable bonds is 3. The third-order valence-corrected chi connectivity index (χ3v) is 3.30. The van der Waals surface area contributed by atoms with Crippen molar-refractivity contribution in [2.45, 2.75) is 50.9 Å². The van der Waals surface area contributed by atoms with Crippen LogP contribution >= 0.6 is 0 Å². The van der Waals surface area contributed by atoms with Crippen LogP contribution in [0.4, 0.5) is 0 Å². The van der Waals surface area contributed by atoms with Crippen molar-refractivity contribution >= 4 is 0 Å². The maximum Gasteiger partial charge on any atom is 0.124 e. The lowest BCUT2D eigenvalue weighted by atomic mass is 9.95. The van der Waals surface area contributed by atoms with Crippen LogP contribution in [-0.4, -0.2) is 22.4 Å². The van der Waals surface area contributed by atoms with Crippen molar-refractivity contribution in [3.8, 4) is 5.75 Å². The highest BCUT2D eigenvalue weighted by molar-refractivity contribution is 5.29. The molecule has 3 atom stereocenters. The zero-order valence-electron chi connectivity index (χ0n) is 10.2. The summed E-state index contributed by atoms with van der Waals surface area (Å²) in [5, 5.41) is 19.3. The van der Waals surface area contributed by atoms with E-state index in [2.05, 4.69) is 0 Å². The zero-order chi connectivity index (χ0) is 12.3. The Morgan fingerprint density at radius 2 is 2.06 bits per heavy atom. The van der Waals surface area contributed by atoms with Crippen LogP contribution in [0.1, 0.15) is 44.3 Å². The Kier molecular flexibility index (Phi) is 4.02. The summed E-state index contributed by atoms with van der Waals surface area (Å²) in [7, 11) is 0. The molecule has 1 aliphatic rings. The van der Waals surface area contributed by atoms with Crippen molar-refractivity contribution in [2.24, 2.45) is 0 Å². The quantitative estimate of drug-likeness (QED) is 0.847.